The maximum Gasteiger partial charge on any atom is 0.123 e. The van der Waals surface area contributed by atoms with E-state index in [1.54, 1.807) is 17.8 Å². The molecule has 0 aliphatic rings. The molecule has 0 aliphatic carbocycles. The molecule has 0 fully saturated rings. The summed E-state index contributed by atoms with van der Waals surface area (Å²) in [5.41, 5.74) is 8.46. The molecule has 18 heavy (non-hydrogen) atoms. The first-order chi connectivity index (χ1) is 8.58. The number of thioether (sulfide) groups is 1. The minimum Gasteiger partial charge on any atom is -0.398 e. The monoisotopic (exact) mass is 281 g/mol. The third-order valence-electron chi connectivity index (χ3n) is 2.72. The highest BCUT2D eigenvalue weighted by atomic mass is 35.5. The zero-order chi connectivity index (χ0) is 13.1. The Balaban J connectivity index is 2.16. The molecule has 94 valence electrons. The second-order valence-corrected chi connectivity index (χ2v) is 5.42. The van der Waals surface area contributed by atoms with E-state index in [9.17, 15) is 4.39 Å². The standard InChI is InChI=1S/C14H13ClFNS/c1-9-13(17)3-2-4-14(9)18-8-10-7-11(16)5-6-12(10)15/h2-7H,8,17H2,1H3. The van der Waals surface area contributed by atoms with Crippen LogP contribution in [0.2, 0.25) is 5.02 Å². The summed E-state index contributed by atoms with van der Waals surface area (Å²) in [5.74, 6) is 0.361. The molecular formula is C14H13ClFNS. The molecule has 0 spiro atoms. The molecule has 1 nitrogen and oxygen atoms in total. The van der Waals surface area contributed by atoms with Crippen molar-refractivity contribution in [1.29, 1.82) is 0 Å². The number of hydrogen-bond donors (Lipinski definition) is 1. The van der Waals surface area contributed by atoms with Gasteiger partial charge in [-0.3, -0.25) is 0 Å². The van der Waals surface area contributed by atoms with Gasteiger partial charge < -0.3 is 5.73 Å². The first kappa shape index (κ1) is 13.2. The van der Waals surface area contributed by atoms with Crippen molar-refractivity contribution < 1.29 is 4.39 Å². The van der Waals surface area contributed by atoms with Gasteiger partial charge in [0, 0.05) is 21.4 Å². The Morgan fingerprint density at radius 2 is 2.06 bits per heavy atom. The topological polar surface area (TPSA) is 26.0 Å². The van der Waals surface area contributed by atoms with Gasteiger partial charge in [-0.05, 0) is 48.4 Å². The van der Waals surface area contributed by atoms with Crippen molar-refractivity contribution in [2.75, 3.05) is 5.73 Å². The van der Waals surface area contributed by atoms with Crippen LogP contribution in [0.4, 0.5) is 10.1 Å². The molecule has 2 rings (SSSR count). The molecule has 2 N–H and O–H groups in total. The van der Waals surface area contributed by atoms with Crippen LogP contribution in [0.1, 0.15) is 11.1 Å². The number of nitrogens with two attached hydrogens (primary N) is 1. The zero-order valence-electron chi connectivity index (χ0n) is 9.91. The maximum atomic E-state index is 13.1. The van der Waals surface area contributed by atoms with Gasteiger partial charge in [-0.1, -0.05) is 17.7 Å². The van der Waals surface area contributed by atoms with Crippen molar-refractivity contribution in [3.63, 3.8) is 0 Å². The van der Waals surface area contributed by atoms with Gasteiger partial charge in [0.15, 0.2) is 0 Å². The number of halogens is 2. The van der Waals surface area contributed by atoms with Crippen molar-refractivity contribution in [2.24, 2.45) is 0 Å². The van der Waals surface area contributed by atoms with Gasteiger partial charge in [-0.2, -0.15) is 0 Å². The third-order valence-corrected chi connectivity index (χ3v) is 4.29. The van der Waals surface area contributed by atoms with Crippen LogP contribution in [0.15, 0.2) is 41.3 Å². The molecule has 0 aromatic heterocycles. The van der Waals surface area contributed by atoms with Gasteiger partial charge in [0.05, 0.1) is 0 Å². The van der Waals surface area contributed by atoms with E-state index in [1.807, 2.05) is 25.1 Å². The SMILES string of the molecule is Cc1c(N)cccc1SCc1cc(F)ccc1Cl. The summed E-state index contributed by atoms with van der Waals surface area (Å²) >= 11 is 7.63. The molecule has 0 saturated carbocycles. The van der Waals surface area contributed by atoms with Crippen LogP contribution < -0.4 is 5.73 Å². The summed E-state index contributed by atoms with van der Waals surface area (Å²) in [5, 5.41) is 0.588. The van der Waals surface area contributed by atoms with Gasteiger partial charge in [0.25, 0.3) is 0 Å². The van der Waals surface area contributed by atoms with E-state index >= 15 is 0 Å². The van der Waals surface area contributed by atoms with E-state index < -0.39 is 0 Å². The second kappa shape index (κ2) is 5.63. The van der Waals surface area contributed by atoms with Crippen LogP contribution in [-0.2, 0) is 5.75 Å². The van der Waals surface area contributed by atoms with Gasteiger partial charge >= 0.3 is 0 Å². The first-order valence-corrected chi connectivity index (χ1v) is 6.86. The average Bonchev–Trinajstić information content (AvgIpc) is 2.35. The summed E-state index contributed by atoms with van der Waals surface area (Å²) in [6.45, 7) is 1.98. The molecule has 2 aromatic carbocycles. The molecule has 0 heterocycles. The van der Waals surface area contributed by atoms with Gasteiger partial charge in [-0.15, -0.1) is 11.8 Å². The molecule has 4 heteroatoms. The second-order valence-electron chi connectivity index (χ2n) is 3.99. The van der Waals surface area contributed by atoms with Crippen molar-refractivity contribution in [2.45, 2.75) is 17.6 Å². The molecule has 0 unspecified atom stereocenters. The third kappa shape index (κ3) is 2.98. The predicted octanol–water partition coefficient (Wildman–Crippen LogP) is 4.66. The van der Waals surface area contributed by atoms with Gasteiger partial charge in [0.2, 0.25) is 0 Å². The van der Waals surface area contributed by atoms with E-state index in [2.05, 4.69) is 0 Å². The van der Waals surface area contributed by atoms with Crippen LogP contribution in [-0.4, -0.2) is 0 Å². The Bertz CT molecular complexity index is 570. The molecule has 2 aromatic rings. The van der Waals surface area contributed by atoms with Crippen molar-refractivity contribution in [1.82, 2.24) is 0 Å². The van der Waals surface area contributed by atoms with E-state index in [1.165, 1.54) is 12.1 Å². The highest BCUT2D eigenvalue weighted by Gasteiger charge is 2.06. The normalized spacial score (nSPS) is 10.6. The molecular weight excluding hydrogens is 269 g/mol. The summed E-state index contributed by atoms with van der Waals surface area (Å²) in [6, 6.07) is 10.2. The van der Waals surface area contributed by atoms with Crippen LogP contribution >= 0.6 is 23.4 Å². The average molecular weight is 282 g/mol. The quantitative estimate of drug-likeness (QED) is 0.654. The van der Waals surface area contributed by atoms with E-state index in [-0.39, 0.29) is 5.82 Å². The summed E-state index contributed by atoms with van der Waals surface area (Å²) < 4.78 is 13.1. The molecule has 0 saturated heterocycles. The lowest BCUT2D eigenvalue weighted by Crippen LogP contribution is -1.91. The lowest BCUT2D eigenvalue weighted by molar-refractivity contribution is 0.626. The Kier molecular flexibility index (Phi) is 4.15. The number of anilines is 1. The van der Waals surface area contributed by atoms with E-state index in [4.69, 9.17) is 17.3 Å². The molecule has 0 aliphatic heterocycles. The Hall–Kier alpha value is -1.19. The first-order valence-electron chi connectivity index (χ1n) is 5.50. The van der Waals surface area contributed by atoms with Crippen molar-refractivity contribution in [3.05, 3.63) is 58.4 Å². The smallest absolute Gasteiger partial charge is 0.123 e. The number of rotatable bonds is 3. The summed E-state index contributed by atoms with van der Waals surface area (Å²) in [4.78, 5) is 1.09. The minimum atomic E-state index is -0.265. The van der Waals surface area contributed by atoms with E-state index in [0.29, 0.717) is 10.8 Å². The summed E-state index contributed by atoms with van der Waals surface area (Å²) in [6.07, 6.45) is 0. The number of nitrogen functional groups attached to an aromatic ring is 1. The fourth-order valence-corrected chi connectivity index (χ4v) is 2.92. The van der Waals surface area contributed by atoms with E-state index in [0.717, 1.165) is 21.7 Å². The molecule has 0 amide bonds. The number of hydrogen-bond acceptors (Lipinski definition) is 2. The van der Waals surface area contributed by atoms with Gasteiger partial charge in [0.1, 0.15) is 5.82 Å². The Morgan fingerprint density at radius 1 is 1.28 bits per heavy atom. The lowest BCUT2D eigenvalue weighted by atomic mass is 10.2. The van der Waals surface area contributed by atoms with Crippen LogP contribution in [0.25, 0.3) is 0 Å². The highest BCUT2D eigenvalue weighted by Crippen LogP contribution is 2.31. The van der Waals surface area contributed by atoms with Crippen LogP contribution in [0.5, 0.6) is 0 Å². The number of benzene rings is 2. The van der Waals surface area contributed by atoms with Gasteiger partial charge in [-0.25, -0.2) is 4.39 Å². The molecule has 0 bridgehead atoms. The predicted molar refractivity (Wildman–Crippen MR) is 76.6 cm³/mol. The minimum absolute atomic E-state index is 0.265. The maximum absolute atomic E-state index is 13.1. The lowest BCUT2D eigenvalue weighted by Gasteiger charge is -2.09. The Labute approximate surface area is 115 Å². The molecule has 0 atom stereocenters. The molecule has 0 radical (unpaired) electrons. The Morgan fingerprint density at radius 3 is 2.83 bits per heavy atom. The fourth-order valence-electron chi connectivity index (χ4n) is 1.60. The van der Waals surface area contributed by atoms with Crippen molar-refractivity contribution >= 4 is 29.1 Å². The zero-order valence-corrected chi connectivity index (χ0v) is 11.5. The largest absolute Gasteiger partial charge is 0.398 e. The van der Waals surface area contributed by atoms with Crippen LogP contribution in [0.3, 0.4) is 0 Å². The highest BCUT2D eigenvalue weighted by molar-refractivity contribution is 7.98. The van der Waals surface area contributed by atoms with Crippen molar-refractivity contribution in [3.8, 4) is 0 Å². The summed E-state index contributed by atoms with van der Waals surface area (Å²) in [7, 11) is 0. The van der Waals surface area contributed by atoms with Crippen LogP contribution in [0, 0.1) is 12.7 Å². The fraction of sp³-hybridized carbons (Fsp3) is 0.143.